The third-order valence-corrected chi connectivity index (χ3v) is 3.48. The first kappa shape index (κ1) is 14.2. The SMILES string of the molecule is CCCCCC(c1ccccc1)C(Cl)(Cl)Cl. The van der Waals surface area contributed by atoms with E-state index >= 15 is 0 Å². The molecule has 1 unspecified atom stereocenters. The molecule has 1 aromatic rings. The first-order valence-electron chi connectivity index (χ1n) is 5.67. The van der Waals surface area contributed by atoms with E-state index in [1.54, 1.807) is 0 Å². The van der Waals surface area contributed by atoms with Gasteiger partial charge in [0.15, 0.2) is 3.79 Å². The van der Waals surface area contributed by atoms with E-state index in [4.69, 9.17) is 34.8 Å². The number of unbranched alkanes of at least 4 members (excludes halogenated alkanes) is 2. The van der Waals surface area contributed by atoms with Crippen molar-refractivity contribution in [3.05, 3.63) is 35.9 Å². The van der Waals surface area contributed by atoms with E-state index in [0.29, 0.717) is 0 Å². The maximum Gasteiger partial charge on any atom is 0.197 e. The van der Waals surface area contributed by atoms with Gasteiger partial charge in [-0.05, 0) is 12.0 Å². The molecule has 0 N–H and O–H groups in total. The molecule has 1 aromatic carbocycles. The number of hydrogen-bond donors (Lipinski definition) is 0. The van der Waals surface area contributed by atoms with Crippen LogP contribution in [0.3, 0.4) is 0 Å². The van der Waals surface area contributed by atoms with E-state index in [2.05, 4.69) is 6.92 Å². The molecule has 0 saturated heterocycles. The molecule has 0 aliphatic carbocycles. The highest BCUT2D eigenvalue weighted by Gasteiger charge is 2.32. The van der Waals surface area contributed by atoms with Gasteiger partial charge in [0.05, 0.1) is 0 Å². The van der Waals surface area contributed by atoms with E-state index in [0.717, 1.165) is 18.4 Å². The summed E-state index contributed by atoms with van der Waals surface area (Å²) in [6, 6.07) is 10.00. The zero-order chi connectivity index (χ0) is 12.0. The predicted molar refractivity (Wildman–Crippen MR) is 73.6 cm³/mol. The summed E-state index contributed by atoms with van der Waals surface area (Å²) in [7, 11) is 0. The van der Waals surface area contributed by atoms with E-state index < -0.39 is 3.79 Å². The maximum atomic E-state index is 6.04. The van der Waals surface area contributed by atoms with Gasteiger partial charge in [0.25, 0.3) is 0 Å². The average molecular weight is 280 g/mol. The maximum absolute atomic E-state index is 6.04. The van der Waals surface area contributed by atoms with Crippen LogP contribution in [0.5, 0.6) is 0 Å². The third-order valence-electron chi connectivity index (χ3n) is 2.69. The van der Waals surface area contributed by atoms with Crippen molar-refractivity contribution >= 4 is 34.8 Å². The molecule has 0 spiro atoms. The van der Waals surface area contributed by atoms with Gasteiger partial charge in [0, 0.05) is 5.92 Å². The first-order valence-corrected chi connectivity index (χ1v) is 6.80. The lowest BCUT2D eigenvalue weighted by molar-refractivity contribution is 0.572. The summed E-state index contributed by atoms with van der Waals surface area (Å²) < 4.78 is -1.21. The van der Waals surface area contributed by atoms with Gasteiger partial charge in [-0.15, -0.1) is 0 Å². The fourth-order valence-electron chi connectivity index (χ4n) is 1.80. The molecule has 0 amide bonds. The summed E-state index contributed by atoms with van der Waals surface area (Å²) in [5.74, 6) is -0.00903. The molecule has 0 nitrogen and oxygen atoms in total. The van der Waals surface area contributed by atoms with Crippen molar-refractivity contribution in [2.45, 2.75) is 42.3 Å². The highest BCUT2D eigenvalue weighted by molar-refractivity contribution is 6.68. The molecule has 90 valence electrons. The van der Waals surface area contributed by atoms with Crippen LogP contribution in [0, 0.1) is 0 Å². The summed E-state index contributed by atoms with van der Waals surface area (Å²) in [5, 5.41) is 0. The average Bonchev–Trinajstić information content (AvgIpc) is 2.24. The molecule has 0 radical (unpaired) electrons. The monoisotopic (exact) mass is 278 g/mol. The Bertz CT molecular complexity index is 290. The molecule has 0 aliphatic rings. The van der Waals surface area contributed by atoms with Gasteiger partial charge in [-0.25, -0.2) is 0 Å². The van der Waals surface area contributed by atoms with Crippen LogP contribution in [-0.4, -0.2) is 3.79 Å². The second-order valence-electron chi connectivity index (χ2n) is 4.00. The van der Waals surface area contributed by atoms with Crippen LogP contribution in [0.1, 0.15) is 44.1 Å². The Labute approximate surface area is 113 Å². The Morgan fingerprint density at radius 3 is 2.19 bits per heavy atom. The van der Waals surface area contributed by atoms with Crippen molar-refractivity contribution in [2.75, 3.05) is 0 Å². The Morgan fingerprint density at radius 1 is 1.06 bits per heavy atom. The minimum Gasteiger partial charge on any atom is -0.0830 e. The highest BCUT2D eigenvalue weighted by atomic mass is 35.6. The number of benzene rings is 1. The van der Waals surface area contributed by atoms with Gasteiger partial charge in [-0.3, -0.25) is 0 Å². The summed E-state index contributed by atoms with van der Waals surface area (Å²) in [4.78, 5) is 0. The van der Waals surface area contributed by atoms with E-state index in [1.807, 2.05) is 30.3 Å². The molecular weight excluding hydrogens is 263 g/mol. The van der Waals surface area contributed by atoms with E-state index in [1.165, 1.54) is 12.8 Å². The summed E-state index contributed by atoms with van der Waals surface area (Å²) in [6.07, 6.45) is 4.39. The smallest absolute Gasteiger partial charge is 0.0830 e. The van der Waals surface area contributed by atoms with E-state index in [9.17, 15) is 0 Å². The summed E-state index contributed by atoms with van der Waals surface area (Å²) >= 11 is 18.1. The third kappa shape index (κ3) is 4.53. The lowest BCUT2D eigenvalue weighted by Gasteiger charge is -2.24. The van der Waals surface area contributed by atoms with Crippen LogP contribution in [-0.2, 0) is 0 Å². The molecule has 0 aromatic heterocycles. The molecule has 1 rings (SSSR count). The van der Waals surface area contributed by atoms with Gasteiger partial charge in [0.1, 0.15) is 0 Å². The van der Waals surface area contributed by atoms with Crippen LogP contribution in [0.25, 0.3) is 0 Å². The van der Waals surface area contributed by atoms with Crippen LogP contribution in [0.4, 0.5) is 0 Å². The summed E-state index contributed by atoms with van der Waals surface area (Å²) in [5.41, 5.74) is 1.11. The molecule has 0 fully saturated rings. The van der Waals surface area contributed by atoms with Gasteiger partial charge in [-0.1, -0.05) is 91.3 Å². The molecule has 1 atom stereocenters. The second-order valence-corrected chi connectivity index (χ2v) is 6.37. The Morgan fingerprint density at radius 2 is 1.69 bits per heavy atom. The minimum absolute atomic E-state index is 0.00903. The molecule has 16 heavy (non-hydrogen) atoms. The number of alkyl halides is 3. The van der Waals surface area contributed by atoms with Gasteiger partial charge in [0.2, 0.25) is 0 Å². The quantitative estimate of drug-likeness (QED) is 0.477. The highest BCUT2D eigenvalue weighted by Crippen LogP contribution is 2.44. The zero-order valence-corrected chi connectivity index (χ0v) is 11.7. The first-order chi connectivity index (χ1) is 7.55. The minimum atomic E-state index is -1.21. The Balaban J connectivity index is 2.73. The van der Waals surface area contributed by atoms with Crippen molar-refractivity contribution in [2.24, 2.45) is 0 Å². The molecule has 3 heteroatoms. The topological polar surface area (TPSA) is 0 Å². The van der Waals surface area contributed by atoms with Crippen LogP contribution in [0.2, 0.25) is 0 Å². The molecular formula is C13H17Cl3. The van der Waals surface area contributed by atoms with Crippen molar-refractivity contribution in [3.8, 4) is 0 Å². The number of halogens is 3. The van der Waals surface area contributed by atoms with Crippen molar-refractivity contribution < 1.29 is 0 Å². The normalized spacial score (nSPS) is 13.8. The van der Waals surface area contributed by atoms with Crippen molar-refractivity contribution in [1.82, 2.24) is 0 Å². The van der Waals surface area contributed by atoms with Crippen molar-refractivity contribution in [3.63, 3.8) is 0 Å². The fourth-order valence-corrected chi connectivity index (χ4v) is 2.51. The molecule has 0 bridgehead atoms. The largest absolute Gasteiger partial charge is 0.197 e. The fraction of sp³-hybridized carbons (Fsp3) is 0.538. The van der Waals surface area contributed by atoms with Gasteiger partial charge >= 0.3 is 0 Å². The molecule has 0 saturated carbocycles. The van der Waals surface area contributed by atoms with E-state index in [-0.39, 0.29) is 5.92 Å². The second kappa shape index (κ2) is 6.74. The Hall–Kier alpha value is 0.0900. The molecule has 0 heterocycles. The predicted octanol–water partition coefficient (Wildman–Crippen LogP) is 5.72. The number of rotatable bonds is 5. The van der Waals surface area contributed by atoms with Gasteiger partial charge in [-0.2, -0.15) is 0 Å². The lowest BCUT2D eigenvalue weighted by atomic mass is 9.94. The number of hydrogen-bond acceptors (Lipinski definition) is 0. The van der Waals surface area contributed by atoms with Crippen molar-refractivity contribution in [1.29, 1.82) is 0 Å². The van der Waals surface area contributed by atoms with Gasteiger partial charge < -0.3 is 0 Å². The van der Waals surface area contributed by atoms with Crippen LogP contribution >= 0.6 is 34.8 Å². The summed E-state index contributed by atoms with van der Waals surface area (Å²) in [6.45, 7) is 2.17. The Kier molecular flexibility index (Phi) is 5.96. The molecule has 0 aliphatic heterocycles. The standard InChI is InChI=1S/C13H17Cl3/c1-2-3-5-10-12(13(14,15)16)11-8-6-4-7-9-11/h4,6-9,12H,2-3,5,10H2,1H3. The lowest BCUT2D eigenvalue weighted by Crippen LogP contribution is -2.17. The zero-order valence-electron chi connectivity index (χ0n) is 9.43. The van der Waals surface area contributed by atoms with Crippen LogP contribution < -0.4 is 0 Å². The van der Waals surface area contributed by atoms with Crippen LogP contribution in [0.15, 0.2) is 30.3 Å².